The van der Waals surface area contributed by atoms with Crippen LogP contribution in [0.15, 0.2) is 30.5 Å². The average molecular weight is 330 g/mol. The van der Waals surface area contributed by atoms with Crippen LogP contribution in [-0.4, -0.2) is 41.0 Å². The molecule has 1 fully saturated rings. The van der Waals surface area contributed by atoms with Gasteiger partial charge in [0.05, 0.1) is 25.4 Å². The molecule has 2 unspecified atom stereocenters. The lowest BCUT2D eigenvalue weighted by atomic mass is 9.93. The molecule has 0 saturated carbocycles. The van der Waals surface area contributed by atoms with Crippen LogP contribution in [0, 0.1) is 5.92 Å². The van der Waals surface area contributed by atoms with Gasteiger partial charge in [-0.05, 0) is 32.0 Å². The molecule has 128 valence electrons. The zero-order chi connectivity index (χ0) is 17.1. The molecule has 3 rings (SSSR count). The molecule has 6 heteroatoms. The van der Waals surface area contributed by atoms with Crippen molar-refractivity contribution in [3.63, 3.8) is 0 Å². The van der Waals surface area contributed by atoms with Crippen LogP contribution >= 0.6 is 0 Å². The predicted octanol–water partition coefficient (Wildman–Crippen LogP) is 2.79. The molecular weight excluding hydrogens is 308 g/mol. The van der Waals surface area contributed by atoms with Crippen molar-refractivity contribution in [1.29, 1.82) is 0 Å². The number of aromatic nitrogens is 2. The third-order valence-corrected chi connectivity index (χ3v) is 4.38. The summed E-state index contributed by atoms with van der Waals surface area (Å²) in [6.45, 7) is 5.84. The lowest BCUT2D eigenvalue weighted by Gasteiger charge is -2.21. The number of ether oxygens (including phenoxy) is 2. The number of benzene rings is 1. The SMILES string of the molecule is CC(C)n1nccc1C1COCC1COc1cccc(O)c1C=O. The van der Waals surface area contributed by atoms with Gasteiger partial charge in [-0.1, -0.05) is 6.07 Å². The number of aldehydes is 1. The molecule has 2 aromatic rings. The van der Waals surface area contributed by atoms with Gasteiger partial charge in [-0.25, -0.2) is 0 Å². The van der Waals surface area contributed by atoms with E-state index >= 15 is 0 Å². The minimum atomic E-state index is -0.0698. The highest BCUT2D eigenvalue weighted by Crippen LogP contribution is 2.33. The average Bonchev–Trinajstić information content (AvgIpc) is 3.21. The molecule has 1 N–H and O–H groups in total. The molecule has 0 aliphatic carbocycles. The fourth-order valence-electron chi connectivity index (χ4n) is 3.11. The Morgan fingerprint density at radius 1 is 1.42 bits per heavy atom. The molecule has 1 aliphatic rings. The molecule has 1 aliphatic heterocycles. The van der Waals surface area contributed by atoms with Crippen molar-refractivity contribution in [3.8, 4) is 11.5 Å². The summed E-state index contributed by atoms with van der Waals surface area (Å²) in [7, 11) is 0. The molecular formula is C18H22N2O4. The molecule has 1 aromatic carbocycles. The maximum atomic E-state index is 11.1. The largest absolute Gasteiger partial charge is 0.507 e. The standard InChI is InChI=1S/C18H22N2O4/c1-12(2)20-16(6-7-19-20)15-11-23-9-13(15)10-24-18-5-3-4-17(22)14(18)8-21/h3-8,12-13,15,22H,9-11H2,1-2H3. The van der Waals surface area contributed by atoms with Crippen LogP contribution in [0.5, 0.6) is 11.5 Å². The Morgan fingerprint density at radius 3 is 3.00 bits per heavy atom. The van der Waals surface area contributed by atoms with Crippen molar-refractivity contribution < 1.29 is 19.4 Å². The zero-order valence-electron chi connectivity index (χ0n) is 13.9. The number of phenolic OH excluding ortho intramolecular Hbond substituents is 1. The van der Waals surface area contributed by atoms with E-state index in [-0.39, 0.29) is 29.2 Å². The Labute approximate surface area is 141 Å². The monoisotopic (exact) mass is 330 g/mol. The molecule has 1 aromatic heterocycles. The first-order valence-corrected chi connectivity index (χ1v) is 8.13. The van der Waals surface area contributed by atoms with E-state index in [0.29, 0.717) is 31.9 Å². The maximum absolute atomic E-state index is 11.1. The highest BCUT2D eigenvalue weighted by Gasteiger charge is 2.33. The fourth-order valence-corrected chi connectivity index (χ4v) is 3.11. The van der Waals surface area contributed by atoms with E-state index in [0.717, 1.165) is 5.69 Å². The predicted molar refractivity (Wildman–Crippen MR) is 88.7 cm³/mol. The summed E-state index contributed by atoms with van der Waals surface area (Å²) in [6.07, 6.45) is 2.42. The summed E-state index contributed by atoms with van der Waals surface area (Å²) in [5.74, 6) is 0.695. The second-order valence-corrected chi connectivity index (χ2v) is 6.32. The van der Waals surface area contributed by atoms with Gasteiger partial charge in [-0.3, -0.25) is 9.48 Å². The molecule has 6 nitrogen and oxygen atoms in total. The van der Waals surface area contributed by atoms with E-state index in [1.54, 1.807) is 12.1 Å². The van der Waals surface area contributed by atoms with Gasteiger partial charge >= 0.3 is 0 Å². The first-order chi connectivity index (χ1) is 11.6. The van der Waals surface area contributed by atoms with Gasteiger partial charge in [0.1, 0.15) is 11.5 Å². The molecule has 0 bridgehead atoms. The first kappa shape index (κ1) is 16.5. The Hall–Kier alpha value is -2.34. The van der Waals surface area contributed by atoms with Crippen LogP contribution in [0.3, 0.4) is 0 Å². The summed E-state index contributed by atoms with van der Waals surface area (Å²) in [4.78, 5) is 11.1. The van der Waals surface area contributed by atoms with Gasteiger partial charge in [0.25, 0.3) is 0 Å². The van der Waals surface area contributed by atoms with Crippen molar-refractivity contribution in [2.45, 2.75) is 25.8 Å². The Kier molecular flexibility index (Phi) is 4.85. The number of carbonyl (C=O) groups is 1. The third kappa shape index (κ3) is 3.14. The van der Waals surface area contributed by atoms with Crippen molar-refractivity contribution in [3.05, 3.63) is 41.7 Å². The number of nitrogens with zero attached hydrogens (tertiary/aromatic N) is 2. The molecule has 1 saturated heterocycles. The normalized spacial score (nSPS) is 20.5. The molecule has 0 radical (unpaired) electrons. The molecule has 24 heavy (non-hydrogen) atoms. The van der Waals surface area contributed by atoms with Crippen molar-refractivity contribution in [2.75, 3.05) is 19.8 Å². The topological polar surface area (TPSA) is 73.6 Å². The summed E-state index contributed by atoms with van der Waals surface area (Å²) in [6, 6.07) is 7.13. The number of hydrogen-bond acceptors (Lipinski definition) is 5. The van der Waals surface area contributed by atoms with Crippen LogP contribution in [-0.2, 0) is 4.74 Å². The summed E-state index contributed by atoms with van der Waals surface area (Å²) < 4.78 is 13.5. The van der Waals surface area contributed by atoms with Gasteiger partial charge in [-0.2, -0.15) is 5.10 Å². The zero-order valence-corrected chi connectivity index (χ0v) is 13.9. The minimum Gasteiger partial charge on any atom is -0.507 e. The van der Waals surface area contributed by atoms with Crippen molar-refractivity contribution >= 4 is 6.29 Å². The number of carbonyl (C=O) groups excluding carboxylic acids is 1. The van der Waals surface area contributed by atoms with E-state index in [1.165, 1.54) is 6.07 Å². The smallest absolute Gasteiger partial charge is 0.157 e. The molecule has 0 spiro atoms. The van der Waals surface area contributed by atoms with E-state index in [9.17, 15) is 9.90 Å². The summed E-state index contributed by atoms with van der Waals surface area (Å²) in [5, 5.41) is 14.1. The molecule has 0 amide bonds. The van der Waals surface area contributed by atoms with E-state index in [2.05, 4.69) is 18.9 Å². The van der Waals surface area contributed by atoms with Gasteiger partial charge in [0.15, 0.2) is 6.29 Å². The van der Waals surface area contributed by atoms with Crippen LogP contribution in [0.2, 0.25) is 0 Å². The molecule has 2 atom stereocenters. The second-order valence-electron chi connectivity index (χ2n) is 6.32. The van der Waals surface area contributed by atoms with E-state index in [1.807, 2.05) is 16.9 Å². The van der Waals surface area contributed by atoms with Crippen molar-refractivity contribution in [1.82, 2.24) is 9.78 Å². The number of rotatable bonds is 6. The number of phenols is 1. The number of hydrogen-bond donors (Lipinski definition) is 1. The lowest BCUT2D eigenvalue weighted by Crippen LogP contribution is -2.22. The molecule has 2 heterocycles. The summed E-state index contributed by atoms with van der Waals surface area (Å²) >= 11 is 0. The highest BCUT2D eigenvalue weighted by atomic mass is 16.5. The first-order valence-electron chi connectivity index (χ1n) is 8.13. The lowest BCUT2D eigenvalue weighted by molar-refractivity contribution is 0.111. The van der Waals surface area contributed by atoms with Gasteiger partial charge in [0, 0.05) is 29.8 Å². The summed E-state index contributed by atoms with van der Waals surface area (Å²) in [5.41, 5.74) is 1.32. The number of aromatic hydroxyl groups is 1. The van der Waals surface area contributed by atoms with Crippen LogP contribution in [0.1, 0.15) is 41.9 Å². The van der Waals surface area contributed by atoms with Crippen LogP contribution < -0.4 is 4.74 Å². The Bertz CT molecular complexity index is 711. The van der Waals surface area contributed by atoms with Gasteiger partial charge in [-0.15, -0.1) is 0 Å². The fraction of sp³-hybridized carbons (Fsp3) is 0.444. The maximum Gasteiger partial charge on any atom is 0.157 e. The van der Waals surface area contributed by atoms with Crippen LogP contribution in [0.4, 0.5) is 0 Å². The van der Waals surface area contributed by atoms with Gasteiger partial charge in [0.2, 0.25) is 0 Å². The van der Waals surface area contributed by atoms with Crippen molar-refractivity contribution in [2.24, 2.45) is 5.92 Å². The highest BCUT2D eigenvalue weighted by molar-refractivity contribution is 5.83. The quantitative estimate of drug-likeness (QED) is 0.825. The Morgan fingerprint density at radius 2 is 2.25 bits per heavy atom. The minimum absolute atomic E-state index is 0.0698. The van der Waals surface area contributed by atoms with Crippen LogP contribution in [0.25, 0.3) is 0 Å². The second kappa shape index (κ2) is 7.05. The van der Waals surface area contributed by atoms with E-state index in [4.69, 9.17) is 9.47 Å². The van der Waals surface area contributed by atoms with Gasteiger partial charge < -0.3 is 14.6 Å². The third-order valence-electron chi connectivity index (χ3n) is 4.38. The van der Waals surface area contributed by atoms with E-state index < -0.39 is 0 Å². The Balaban J connectivity index is 1.74.